The van der Waals surface area contributed by atoms with E-state index < -0.39 is 0 Å². The highest BCUT2D eigenvalue weighted by Gasteiger charge is 2.25. The molecular weight excluding hydrogens is 508 g/mol. The molecule has 7 heteroatoms. The third kappa shape index (κ3) is 9.01. The standard InChI is InChI=1S/C34H42N6O/c41-27-34-21-30-7-1-2-8-31(30)26-40(34)25-29-13-11-28(12-14-29)24-39(19-17-35-22-32-9-3-5-15-37-32)20-18-36-23-33-10-4-6-16-38-33/h1-16,34-36,41H,17-27H2. The number of benzene rings is 2. The molecule has 0 spiro atoms. The number of hydrogen-bond donors (Lipinski definition) is 3. The average molecular weight is 551 g/mol. The summed E-state index contributed by atoms with van der Waals surface area (Å²) in [5.74, 6) is 0. The average Bonchev–Trinajstić information content (AvgIpc) is 3.02. The van der Waals surface area contributed by atoms with Crippen molar-refractivity contribution < 1.29 is 5.11 Å². The van der Waals surface area contributed by atoms with Crippen LogP contribution in [0.15, 0.2) is 97.3 Å². The number of pyridine rings is 2. The van der Waals surface area contributed by atoms with Crippen molar-refractivity contribution in [3.8, 4) is 0 Å². The van der Waals surface area contributed by atoms with Crippen molar-refractivity contribution in [3.05, 3.63) is 131 Å². The van der Waals surface area contributed by atoms with Gasteiger partial charge in [0.15, 0.2) is 0 Å². The predicted octanol–water partition coefficient (Wildman–Crippen LogP) is 3.78. The third-order valence-corrected chi connectivity index (χ3v) is 7.76. The first kappa shape index (κ1) is 29.0. The van der Waals surface area contributed by atoms with E-state index >= 15 is 0 Å². The molecule has 5 rings (SSSR count). The van der Waals surface area contributed by atoms with Crippen molar-refractivity contribution in [2.75, 3.05) is 32.8 Å². The number of aliphatic hydroxyl groups is 1. The summed E-state index contributed by atoms with van der Waals surface area (Å²) in [4.78, 5) is 13.7. The van der Waals surface area contributed by atoms with Crippen molar-refractivity contribution in [2.45, 2.75) is 45.2 Å². The van der Waals surface area contributed by atoms with Crippen LogP contribution in [0.25, 0.3) is 0 Å². The molecule has 3 heterocycles. The summed E-state index contributed by atoms with van der Waals surface area (Å²) in [5, 5.41) is 17.1. The van der Waals surface area contributed by atoms with E-state index in [0.717, 1.165) is 76.7 Å². The van der Waals surface area contributed by atoms with Crippen molar-refractivity contribution in [3.63, 3.8) is 0 Å². The van der Waals surface area contributed by atoms with Crippen molar-refractivity contribution >= 4 is 0 Å². The molecule has 0 amide bonds. The van der Waals surface area contributed by atoms with Gasteiger partial charge in [0.05, 0.1) is 18.0 Å². The number of aliphatic hydroxyl groups excluding tert-OH is 1. The molecule has 1 aliphatic rings. The molecule has 7 nitrogen and oxygen atoms in total. The smallest absolute Gasteiger partial charge is 0.0590 e. The normalized spacial score (nSPS) is 15.2. The Labute approximate surface area is 244 Å². The minimum atomic E-state index is 0.164. The monoisotopic (exact) mass is 550 g/mol. The largest absolute Gasteiger partial charge is 0.395 e. The molecule has 0 fully saturated rings. The molecule has 0 saturated heterocycles. The highest BCUT2D eigenvalue weighted by molar-refractivity contribution is 5.31. The molecule has 0 aliphatic carbocycles. The maximum absolute atomic E-state index is 10.1. The summed E-state index contributed by atoms with van der Waals surface area (Å²) in [6.07, 6.45) is 4.59. The zero-order valence-electron chi connectivity index (χ0n) is 23.8. The highest BCUT2D eigenvalue weighted by Crippen LogP contribution is 2.25. The summed E-state index contributed by atoms with van der Waals surface area (Å²) < 4.78 is 0. The van der Waals surface area contributed by atoms with E-state index in [9.17, 15) is 5.11 Å². The molecule has 3 N–H and O–H groups in total. The minimum absolute atomic E-state index is 0.164. The lowest BCUT2D eigenvalue weighted by molar-refractivity contribution is 0.0996. The van der Waals surface area contributed by atoms with E-state index in [0.29, 0.717) is 0 Å². The summed E-state index contributed by atoms with van der Waals surface area (Å²) in [6, 6.07) is 29.9. The van der Waals surface area contributed by atoms with Gasteiger partial charge in [-0.25, -0.2) is 0 Å². The Balaban J connectivity index is 1.14. The van der Waals surface area contributed by atoms with Crippen molar-refractivity contribution in [1.82, 2.24) is 30.4 Å². The Kier molecular flexibility index (Phi) is 11.0. The van der Waals surface area contributed by atoms with Gasteiger partial charge in [0.1, 0.15) is 0 Å². The number of rotatable bonds is 15. The molecular formula is C34H42N6O. The Hall–Kier alpha value is -3.46. The first-order valence-corrected chi connectivity index (χ1v) is 14.7. The second-order valence-electron chi connectivity index (χ2n) is 10.8. The highest BCUT2D eigenvalue weighted by atomic mass is 16.3. The molecule has 41 heavy (non-hydrogen) atoms. The lowest BCUT2D eigenvalue weighted by atomic mass is 9.94. The Morgan fingerprint density at radius 2 is 1.32 bits per heavy atom. The summed E-state index contributed by atoms with van der Waals surface area (Å²) in [7, 11) is 0. The topological polar surface area (TPSA) is 76.6 Å². The molecule has 1 aliphatic heterocycles. The summed E-state index contributed by atoms with van der Waals surface area (Å²) >= 11 is 0. The second kappa shape index (κ2) is 15.5. The van der Waals surface area contributed by atoms with Crippen LogP contribution in [0.5, 0.6) is 0 Å². The van der Waals surface area contributed by atoms with Crippen molar-refractivity contribution in [2.24, 2.45) is 0 Å². The van der Waals surface area contributed by atoms with Gasteiger partial charge in [-0.15, -0.1) is 0 Å². The second-order valence-corrected chi connectivity index (χ2v) is 10.8. The maximum atomic E-state index is 10.1. The molecule has 2 aromatic carbocycles. The number of nitrogens with one attached hydrogen (secondary N) is 2. The van der Waals surface area contributed by atoms with E-state index in [4.69, 9.17) is 0 Å². The minimum Gasteiger partial charge on any atom is -0.395 e. The molecule has 0 bridgehead atoms. The number of fused-ring (bicyclic) bond motifs is 1. The van der Waals surface area contributed by atoms with Crippen LogP contribution < -0.4 is 10.6 Å². The van der Waals surface area contributed by atoms with Gasteiger partial charge < -0.3 is 15.7 Å². The van der Waals surface area contributed by atoms with Crippen LogP contribution in [0.1, 0.15) is 33.6 Å². The van der Waals surface area contributed by atoms with Gasteiger partial charge in [-0.3, -0.25) is 19.8 Å². The zero-order valence-corrected chi connectivity index (χ0v) is 23.8. The predicted molar refractivity (Wildman–Crippen MR) is 164 cm³/mol. The molecule has 2 aromatic heterocycles. The molecule has 0 saturated carbocycles. The van der Waals surface area contributed by atoms with Crippen LogP contribution in [0, 0.1) is 0 Å². The van der Waals surface area contributed by atoms with Crippen LogP contribution in [0.2, 0.25) is 0 Å². The molecule has 0 radical (unpaired) electrons. The van der Waals surface area contributed by atoms with E-state index in [-0.39, 0.29) is 12.6 Å². The van der Waals surface area contributed by atoms with Crippen molar-refractivity contribution in [1.29, 1.82) is 0 Å². The number of aromatic nitrogens is 2. The van der Waals surface area contributed by atoms with Crippen LogP contribution in [-0.4, -0.2) is 63.7 Å². The Bertz CT molecular complexity index is 1250. The van der Waals surface area contributed by atoms with Gasteiger partial charge in [-0.2, -0.15) is 0 Å². The zero-order chi connectivity index (χ0) is 28.1. The van der Waals surface area contributed by atoms with Gasteiger partial charge in [-0.05, 0) is 52.9 Å². The number of nitrogens with zero attached hydrogens (tertiary/aromatic N) is 4. The van der Waals surface area contributed by atoms with Gasteiger partial charge in [0.2, 0.25) is 0 Å². The van der Waals surface area contributed by atoms with Crippen LogP contribution in [0.4, 0.5) is 0 Å². The summed E-state index contributed by atoms with van der Waals surface area (Å²) in [5.41, 5.74) is 7.46. The fraction of sp³-hybridized carbons (Fsp3) is 0.353. The van der Waals surface area contributed by atoms with Crippen LogP contribution >= 0.6 is 0 Å². The molecule has 1 atom stereocenters. The maximum Gasteiger partial charge on any atom is 0.0590 e. The SMILES string of the molecule is OCC1Cc2ccccc2CN1Cc1ccc(CN(CCNCc2ccccn2)CCNCc2ccccn2)cc1. The third-order valence-electron chi connectivity index (χ3n) is 7.76. The first-order valence-electron chi connectivity index (χ1n) is 14.7. The van der Waals surface area contributed by atoms with E-state index in [1.165, 1.54) is 22.3 Å². The first-order chi connectivity index (χ1) is 20.3. The van der Waals surface area contributed by atoms with Crippen LogP contribution in [-0.2, 0) is 39.1 Å². The molecule has 1 unspecified atom stereocenters. The van der Waals surface area contributed by atoms with Gasteiger partial charge >= 0.3 is 0 Å². The Morgan fingerprint density at radius 1 is 0.732 bits per heavy atom. The van der Waals surface area contributed by atoms with Crippen LogP contribution in [0.3, 0.4) is 0 Å². The lowest BCUT2D eigenvalue weighted by Gasteiger charge is -2.36. The van der Waals surface area contributed by atoms with E-state index in [1.54, 1.807) is 0 Å². The summed E-state index contributed by atoms with van der Waals surface area (Å²) in [6.45, 7) is 8.05. The number of hydrogen-bond acceptors (Lipinski definition) is 7. The lowest BCUT2D eigenvalue weighted by Crippen LogP contribution is -2.42. The Morgan fingerprint density at radius 3 is 1.90 bits per heavy atom. The van der Waals surface area contributed by atoms with Gasteiger partial charge in [0.25, 0.3) is 0 Å². The molecule has 4 aromatic rings. The van der Waals surface area contributed by atoms with Gasteiger partial charge in [-0.1, -0.05) is 60.7 Å². The van der Waals surface area contributed by atoms with E-state index in [2.05, 4.69) is 91.1 Å². The fourth-order valence-corrected chi connectivity index (χ4v) is 5.43. The quantitative estimate of drug-likeness (QED) is 0.195. The van der Waals surface area contributed by atoms with Gasteiger partial charge in [0, 0.05) is 77.3 Å². The molecule has 214 valence electrons. The van der Waals surface area contributed by atoms with E-state index in [1.807, 2.05) is 36.7 Å². The fourth-order valence-electron chi connectivity index (χ4n) is 5.43.